The van der Waals surface area contributed by atoms with Gasteiger partial charge in [-0.1, -0.05) is 0 Å². The second-order valence-electron chi connectivity index (χ2n) is 5.62. The fourth-order valence-electron chi connectivity index (χ4n) is 3.37. The highest BCUT2D eigenvalue weighted by Gasteiger charge is 2.41. The van der Waals surface area contributed by atoms with Crippen molar-refractivity contribution in [3.8, 4) is 6.01 Å². The molecule has 2 saturated heterocycles. The van der Waals surface area contributed by atoms with Crippen molar-refractivity contribution in [3.63, 3.8) is 0 Å². The molecule has 0 saturated carbocycles. The Labute approximate surface area is 124 Å². The topological polar surface area (TPSA) is 83.4 Å². The Morgan fingerprint density at radius 2 is 1.90 bits per heavy atom. The predicted octanol–water partition coefficient (Wildman–Crippen LogP) is 1.19. The number of nitrogens with one attached hydrogen (secondary N) is 1. The Bertz CT molecular complexity index is 460. The third-order valence-electron chi connectivity index (χ3n) is 4.15. The van der Waals surface area contributed by atoms with E-state index in [-0.39, 0.29) is 6.10 Å². The largest absolute Gasteiger partial charge is 0.464 e. The summed E-state index contributed by atoms with van der Waals surface area (Å²) in [6.45, 7) is 5.20. The zero-order valence-electron chi connectivity index (χ0n) is 12.6. The van der Waals surface area contributed by atoms with Crippen molar-refractivity contribution in [2.45, 2.75) is 57.7 Å². The molecule has 21 heavy (non-hydrogen) atoms. The van der Waals surface area contributed by atoms with Crippen LogP contribution < -0.4 is 15.0 Å². The molecule has 0 radical (unpaired) electrons. The standard InChI is InChI=1S/C14H23N5O2/c1-3-15-12-16-13(18-14(17-12)21-4-2)19-9-5-6-10(19)8-11(20)7-9/h9-11,20H,3-8H2,1-2H3,(H,15,16,17,18). The van der Waals surface area contributed by atoms with Crippen molar-refractivity contribution in [2.24, 2.45) is 0 Å². The molecule has 0 aliphatic carbocycles. The Morgan fingerprint density at radius 3 is 2.52 bits per heavy atom. The smallest absolute Gasteiger partial charge is 0.323 e. The molecule has 1 aromatic heterocycles. The Hall–Kier alpha value is -1.63. The number of aliphatic hydroxyl groups excluding tert-OH is 1. The van der Waals surface area contributed by atoms with Gasteiger partial charge in [-0.25, -0.2) is 0 Å². The highest BCUT2D eigenvalue weighted by molar-refractivity contribution is 5.42. The first-order valence-corrected chi connectivity index (χ1v) is 7.80. The summed E-state index contributed by atoms with van der Waals surface area (Å²) in [5, 5.41) is 13.0. The van der Waals surface area contributed by atoms with Crippen LogP contribution in [0.15, 0.2) is 0 Å². The van der Waals surface area contributed by atoms with Gasteiger partial charge in [0.05, 0.1) is 12.7 Å². The number of aromatic nitrogens is 3. The van der Waals surface area contributed by atoms with E-state index < -0.39 is 0 Å². The minimum atomic E-state index is -0.194. The molecule has 7 nitrogen and oxygen atoms in total. The molecule has 2 N–H and O–H groups in total. The Balaban J connectivity index is 1.90. The van der Waals surface area contributed by atoms with Crippen LogP contribution >= 0.6 is 0 Å². The van der Waals surface area contributed by atoms with Crippen molar-refractivity contribution >= 4 is 11.9 Å². The maximum Gasteiger partial charge on any atom is 0.323 e. The highest BCUT2D eigenvalue weighted by Crippen LogP contribution is 2.38. The van der Waals surface area contributed by atoms with Gasteiger partial charge in [-0.15, -0.1) is 0 Å². The SMILES string of the molecule is CCNc1nc(OCC)nc(N2C3CCC2CC(O)C3)n1. The first kappa shape index (κ1) is 14.3. The van der Waals surface area contributed by atoms with Crippen LogP contribution in [0.3, 0.4) is 0 Å². The normalized spacial score (nSPS) is 27.8. The van der Waals surface area contributed by atoms with Crippen LogP contribution in [0.2, 0.25) is 0 Å². The fraction of sp³-hybridized carbons (Fsp3) is 0.786. The molecule has 3 rings (SSSR count). The van der Waals surface area contributed by atoms with E-state index in [1.165, 1.54) is 0 Å². The van der Waals surface area contributed by atoms with Gasteiger partial charge in [0.25, 0.3) is 0 Å². The van der Waals surface area contributed by atoms with E-state index in [1.54, 1.807) is 0 Å². The van der Waals surface area contributed by atoms with Gasteiger partial charge in [-0.05, 0) is 39.5 Å². The molecular formula is C14H23N5O2. The summed E-state index contributed by atoms with van der Waals surface area (Å²) in [5.41, 5.74) is 0. The summed E-state index contributed by atoms with van der Waals surface area (Å²) in [4.78, 5) is 15.5. The number of anilines is 2. The number of hydrogen-bond donors (Lipinski definition) is 2. The van der Waals surface area contributed by atoms with E-state index in [4.69, 9.17) is 4.74 Å². The average Bonchev–Trinajstić information content (AvgIpc) is 2.71. The van der Waals surface area contributed by atoms with Gasteiger partial charge < -0.3 is 20.1 Å². The second kappa shape index (κ2) is 6.01. The molecule has 2 unspecified atom stereocenters. The first-order chi connectivity index (χ1) is 10.2. The molecule has 2 aliphatic heterocycles. The summed E-state index contributed by atoms with van der Waals surface area (Å²) >= 11 is 0. The summed E-state index contributed by atoms with van der Waals surface area (Å²) in [6.07, 6.45) is 3.58. The zero-order valence-corrected chi connectivity index (χ0v) is 12.6. The third-order valence-corrected chi connectivity index (χ3v) is 4.15. The van der Waals surface area contributed by atoms with Gasteiger partial charge in [-0.2, -0.15) is 15.0 Å². The van der Waals surface area contributed by atoms with Crippen LogP contribution in [-0.2, 0) is 0 Å². The quantitative estimate of drug-likeness (QED) is 0.843. The monoisotopic (exact) mass is 293 g/mol. The van der Waals surface area contributed by atoms with Gasteiger partial charge in [0.2, 0.25) is 11.9 Å². The van der Waals surface area contributed by atoms with Gasteiger partial charge >= 0.3 is 6.01 Å². The zero-order chi connectivity index (χ0) is 14.8. The van der Waals surface area contributed by atoms with E-state index in [9.17, 15) is 5.11 Å². The summed E-state index contributed by atoms with van der Waals surface area (Å²) in [5.74, 6) is 1.22. The van der Waals surface area contributed by atoms with Gasteiger partial charge in [0.1, 0.15) is 0 Å². The van der Waals surface area contributed by atoms with Crippen molar-refractivity contribution in [3.05, 3.63) is 0 Å². The lowest BCUT2D eigenvalue weighted by Gasteiger charge is -2.37. The number of piperidine rings is 1. The molecule has 2 atom stereocenters. The molecule has 2 fully saturated rings. The lowest BCUT2D eigenvalue weighted by Crippen LogP contribution is -2.45. The summed E-state index contributed by atoms with van der Waals surface area (Å²) in [7, 11) is 0. The van der Waals surface area contributed by atoms with Crippen molar-refractivity contribution in [1.29, 1.82) is 0 Å². The summed E-state index contributed by atoms with van der Waals surface area (Å²) < 4.78 is 5.46. The molecular weight excluding hydrogens is 270 g/mol. The first-order valence-electron chi connectivity index (χ1n) is 7.80. The lowest BCUT2D eigenvalue weighted by molar-refractivity contribution is 0.125. The molecule has 1 aromatic rings. The van der Waals surface area contributed by atoms with Gasteiger partial charge in [-0.3, -0.25) is 0 Å². The molecule has 2 bridgehead atoms. The van der Waals surface area contributed by atoms with Gasteiger partial charge in [0.15, 0.2) is 0 Å². The van der Waals surface area contributed by atoms with E-state index in [0.717, 1.165) is 32.2 Å². The number of nitrogens with zero attached hydrogens (tertiary/aromatic N) is 4. The maximum atomic E-state index is 9.92. The van der Waals surface area contributed by atoms with Crippen LogP contribution in [-0.4, -0.2) is 51.4 Å². The lowest BCUT2D eigenvalue weighted by atomic mass is 10.0. The number of hydrogen-bond acceptors (Lipinski definition) is 7. The van der Waals surface area contributed by atoms with Crippen molar-refractivity contribution in [1.82, 2.24) is 15.0 Å². The number of aliphatic hydroxyl groups is 1. The van der Waals surface area contributed by atoms with E-state index in [0.29, 0.717) is 36.6 Å². The minimum absolute atomic E-state index is 0.194. The Kier molecular flexibility index (Phi) is 4.10. The average molecular weight is 293 g/mol. The molecule has 116 valence electrons. The van der Waals surface area contributed by atoms with Crippen LogP contribution in [0, 0.1) is 0 Å². The van der Waals surface area contributed by atoms with E-state index in [2.05, 4.69) is 25.2 Å². The van der Waals surface area contributed by atoms with Crippen molar-refractivity contribution < 1.29 is 9.84 Å². The van der Waals surface area contributed by atoms with E-state index in [1.807, 2.05) is 13.8 Å². The molecule has 0 spiro atoms. The second-order valence-corrected chi connectivity index (χ2v) is 5.62. The van der Waals surface area contributed by atoms with E-state index >= 15 is 0 Å². The highest BCUT2D eigenvalue weighted by atomic mass is 16.5. The molecule has 3 heterocycles. The molecule has 2 aliphatic rings. The van der Waals surface area contributed by atoms with Gasteiger partial charge in [0, 0.05) is 18.6 Å². The van der Waals surface area contributed by atoms with Crippen LogP contribution in [0.4, 0.5) is 11.9 Å². The number of ether oxygens (including phenoxy) is 1. The number of fused-ring (bicyclic) bond motifs is 2. The Morgan fingerprint density at radius 1 is 1.19 bits per heavy atom. The third kappa shape index (κ3) is 2.88. The summed E-state index contributed by atoms with van der Waals surface area (Å²) in [6, 6.07) is 1.01. The fourth-order valence-corrected chi connectivity index (χ4v) is 3.37. The molecule has 0 aromatic carbocycles. The van der Waals surface area contributed by atoms with Crippen molar-refractivity contribution in [2.75, 3.05) is 23.4 Å². The molecule has 0 amide bonds. The minimum Gasteiger partial charge on any atom is -0.464 e. The van der Waals surface area contributed by atoms with Crippen LogP contribution in [0.25, 0.3) is 0 Å². The maximum absolute atomic E-state index is 9.92. The van der Waals surface area contributed by atoms with Crippen LogP contribution in [0.1, 0.15) is 39.5 Å². The van der Waals surface area contributed by atoms with Crippen LogP contribution in [0.5, 0.6) is 6.01 Å². The molecule has 7 heteroatoms. The predicted molar refractivity (Wildman–Crippen MR) is 79.7 cm³/mol. The number of rotatable bonds is 5.